The lowest BCUT2D eigenvalue weighted by atomic mass is 9.77. The second kappa shape index (κ2) is 6.99. The zero-order chi connectivity index (χ0) is 15.5. The Labute approximate surface area is 136 Å². The molecule has 0 bridgehead atoms. The van der Waals surface area contributed by atoms with Crippen molar-refractivity contribution in [3.05, 3.63) is 33.8 Å². The first kappa shape index (κ1) is 16.6. The Morgan fingerprint density at radius 3 is 2.71 bits per heavy atom. The van der Waals surface area contributed by atoms with Gasteiger partial charge in [-0.15, -0.1) is 0 Å². The number of hydrogen-bond donors (Lipinski definition) is 1. The Balaban J connectivity index is 2.09. The Kier molecular flexibility index (Phi) is 5.53. The molecule has 1 amide bonds. The van der Waals surface area contributed by atoms with Gasteiger partial charge in [0, 0.05) is 20.1 Å². The molecular formula is C16H22Cl2N2O. The van der Waals surface area contributed by atoms with Gasteiger partial charge >= 0.3 is 0 Å². The number of rotatable bonds is 4. The Hall–Kier alpha value is -0.770. The number of hydrogen-bond acceptors (Lipinski definition) is 2. The van der Waals surface area contributed by atoms with E-state index in [4.69, 9.17) is 23.2 Å². The lowest BCUT2D eigenvalue weighted by molar-refractivity contribution is -0.142. The first-order valence-corrected chi connectivity index (χ1v) is 8.14. The van der Waals surface area contributed by atoms with Gasteiger partial charge in [0.1, 0.15) is 0 Å². The van der Waals surface area contributed by atoms with Crippen molar-refractivity contribution in [2.24, 2.45) is 5.41 Å². The van der Waals surface area contributed by atoms with E-state index in [1.807, 2.05) is 19.2 Å². The van der Waals surface area contributed by atoms with Gasteiger partial charge in [-0.3, -0.25) is 4.79 Å². The molecule has 1 atom stereocenters. The highest BCUT2D eigenvalue weighted by Crippen LogP contribution is 2.32. The minimum atomic E-state index is -0.261. The molecule has 1 N–H and O–H groups in total. The van der Waals surface area contributed by atoms with Gasteiger partial charge in [-0.25, -0.2) is 0 Å². The van der Waals surface area contributed by atoms with Crippen LogP contribution in [0, 0.1) is 5.41 Å². The maximum Gasteiger partial charge on any atom is 0.230 e. The number of carbonyl (C=O) groups excluding carboxylic acids is 1. The number of amides is 1. The van der Waals surface area contributed by atoms with Crippen molar-refractivity contribution < 1.29 is 4.79 Å². The topological polar surface area (TPSA) is 32.3 Å². The van der Waals surface area contributed by atoms with E-state index in [1.54, 1.807) is 11.0 Å². The molecule has 21 heavy (non-hydrogen) atoms. The van der Waals surface area contributed by atoms with E-state index in [0.29, 0.717) is 16.6 Å². The minimum Gasteiger partial charge on any atom is -0.341 e. The van der Waals surface area contributed by atoms with Gasteiger partial charge in [-0.1, -0.05) is 36.2 Å². The maximum absolute atomic E-state index is 12.8. The van der Waals surface area contributed by atoms with Crippen molar-refractivity contribution in [1.82, 2.24) is 10.2 Å². The normalized spacial score (nSPS) is 22.1. The molecule has 0 aromatic heterocycles. The minimum absolute atomic E-state index is 0.211. The van der Waals surface area contributed by atoms with E-state index in [2.05, 4.69) is 12.2 Å². The zero-order valence-corrected chi connectivity index (χ0v) is 14.1. The maximum atomic E-state index is 12.8. The summed E-state index contributed by atoms with van der Waals surface area (Å²) < 4.78 is 0. The first-order valence-electron chi connectivity index (χ1n) is 7.39. The number of benzene rings is 1. The average molecular weight is 329 g/mol. The SMILES string of the molecule is CCC1(C(=O)N(C)Cc2ccc(Cl)c(Cl)c2)CCCNC1. The zero-order valence-electron chi connectivity index (χ0n) is 12.6. The van der Waals surface area contributed by atoms with Gasteiger partial charge < -0.3 is 10.2 Å². The van der Waals surface area contributed by atoms with E-state index in [-0.39, 0.29) is 11.3 Å². The van der Waals surface area contributed by atoms with Crippen LogP contribution in [0.1, 0.15) is 31.7 Å². The Morgan fingerprint density at radius 2 is 2.14 bits per heavy atom. The molecule has 1 aromatic rings. The summed E-state index contributed by atoms with van der Waals surface area (Å²) in [6.07, 6.45) is 2.88. The van der Waals surface area contributed by atoms with Crippen LogP contribution in [0.4, 0.5) is 0 Å². The van der Waals surface area contributed by atoms with Crippen LogP contribution in [0.15, 0.2) is 18.2 Å². The molecule has 1 saturated heterocycles. The second-order valence-corrected chi connectivity index (χ2v) is 6.64. The molecular weight excluding hydrogens is 307 g/mol. The largest absolute Gasteiger partial charge is 0.341 e. The number of nitrogens with zero attached hydrogens (tertiary/aromatic N) is 1. The van der Waals surface area contributed by atoms with E-state index < -0.39 is 0 Å². The van der Waals surface area contributed by atoms with E-state index in [9.17, 15) is 4.79 Å². The van der Waals surface area contributed by atoms with Crippen LogP contribution in [0.3, 0.4) is 0 Å². The molecule has 0 spiro atoms. The predicted molar refractivity (Wildman–Crippen MR) is 87.8 cm³/mol. The molecule has 1 fully saturated rings. The molecule has 2 rings (SSSR count). The van der Waals surface area contributed by atoms with Crippen LogP contribution in [0.2, 0.25) is 10.0 Å². The van der Waals surface area contributed by atoms with Crippen LogP contribution < -0.4 is 5.32 Å². The molecule has 0 radical (unpaired) electrons. The summed E-state index contributed by atoms with van der Waals surface area (Å²) in [6.45, 7) is 4.43. The predicted octanol–water partition coefficient (Wildman–Crippen LogP) is 3.73. The van der Waals surface area contributed by atoms with E-state index in [1.165, 1.54) is 0 Å². The monoisotopic (exact) mass is 328 g/mol. The standard InChI is InChI=1S/C16H22Cl2N2O/c1-3-16(7-4-8-19-11-16)15(21)20(2)10-12-5-6-13(17)14(18)9-12/h5-6,9,19H,3-4,7-8,10-11H2,1-2H3. The Morgan fingerprint density at radius 1 is 1.38 bits per heavy atom. The summed E-state index contributed by atoms with van der Waals surface area (Å²) in [6, 6.07) is 5.51. The highest BCUT2D eigenvalue weighted by atomic mass is 35.5. The molecule has 0 aliphatic carbocycles. The van der Waals surface area contributed by atoms with Crippen LogP contribution in [-0.2, 0) is 11.3 Å². The van der Waals surface area contributed by atoms with Gasteiger partial charge in [0.2, 0.25) is 5.91 Å². The smallest absolute Gasteiger partial charge is 0.230 e. The van der Waals surface area contributed by atoms with Crippen molar-refractivity contribution >= 4 is 29.1 Å². The molecule has 1 unspecified atom stereocenters. The van der Waals surface area contributed by atoms with E-state index >= 15 is 0 Å². The molecule has 1 aliphatic heterocycles. The number of carbonyl (C=O) groups is 1. The number of nitrogens with one attached hydrogen (secondary N) is 1. The fourth-order valence-corrected chi connectivity index (χ4v) is 3.31. The highest BCUT2D eigenvalue weighted by molar-refractivity contribution is 6.42. The summed E-state index contributed by atoms with van der Waals surface area (Å²) in [7, 11) is 1.86. The fraction of sp³-hybridized carbons (Fsp3) is 0.562. The third kappa shape index (κ3) is 3.71. The highest BCUT2D eigenvalue weighted by Gasteiger charge is 2.39. The summed E-state index contributed by atoms with van der Waals surface area (Å²) in [5.41, 5.74) is 0.735. The van der Waals surface area contributed by atoms with Gasteiger partial charge in [0.15, 0.2) is 0 Å². The van der Waals surface area contributed by atoms with Crippen molar-refractivity contribution in [3.63, 3.8) is 0 Å². The van der Waals surface area contributed by atoms with Gasteiger partial charge in [-0.2, -0.15) is 0 Å². The van der Waals surface area contributed by atoms with Crippen molar-refractivity contribution in [2.75, 3.05) is 20.1 Å². The summed E-state index contributed by atoms with van der Waals surface area (Å²) >= 11 is 12.0. The second-order valence-electron chi connectivity index (χ2n) is 5.82. The molecule has 1 heterocycles. The van der Waals surface area contributed by atoms with Gasteiger partial charge in [0.05, 0.1) is 15.5 Å². The average Bonchev–Trinajstić information content (AvgIpc) is 2.50. The van der Waals surface area contributed by atoms with Crippen LogP contribution in [-0.4, -0.2) is 30.9 Å². The molecule has 3 nitrogen and oxygen atoms in total. The molecule has 1 aromatic carbocycles. The lowest BCUT2D eigenvalue weighted by Crippen LogP contribution is -2.50. The van der Waals surface area contributed by atoms with Crippen molar-refractivity contribution in [1.29, 1.82) is 0 Å². The van der Waals surface area contributed by atoms with Gasteiger partial charge in [0.25, 0.3) is 0 Å². The van der Waals surface area contributed by atoms with E-state index in [0.717, 1.165) is 37.9 Å². The third-order valence-corrected chi connectivity index (χ3v) is 5.09. The summed E-state index contributed by atoms with van der Waals surface area (Å²) in [4.78, 5) is 14.6. The lowest BCUT2D eigenvalue weighted by Gasteiger charge is -2.38. The first-order chi connectivity index (χ1) is 9.98. The molecule has 5 heteroatoms. The quantitative estimate of drug-likeness (QED) is 0.913. The Bertz CT molecular complexity index is 513. The van der Waals surface area contributed by atoms with Crippen molar-refractivity contribution in [2.45, 2.75) is 32.7 Å². The van der Waals surface area contributed by atoms with Crippen LogP contribution in [0.25, 0.3) is 0 Å². The van der Waals surface area contributed by atoms with Crippen LogP contribution in [0.5, 0.6) is 0 Å². The van der Waals surface area contributed by atoms with Crippen molar-refractivity contribution in [3.8, 4) is 0 Å². The third-order valence-electron chi connectivity index (χ3n) is 4.35. The fourth-order valence-electron chi connectivity index (χ4n) is 2.99. The number of piperidine rings is 1. The van der Waals surface area contributed by atoms with Crippen LogP contribution >= 0.6 is 23.2 Å². The summed E-state index contributed by atoms with van der Waals surface area (Å²) in [5.74, 6) is 0.211. The molecule has 1 aliphatic rings. The molecule has 116 valence electrons. The summed E-state index contributed by atoms with van der Waals surface area (Å²) in [5, 5.41) is 4.42. The molecule has 0 saturated carbocycles. The van der Waals surface area contributed by atoms with Gasteiger partial charge in [-0.05, 0) is 43.5 Å². The number of halogens is 2.